The Morgan fingerprint density at radius 2 is 1.80 bits per heavy atom. The van der Waals surface area contributed by atoms with E-state index in [1.807, 2.05) is 13.8 Å². The third-order valence-electron chi connectivity index (χ3n) is 2.75. The molecule has 3 atom stereocenters. The highest BCUT2D eigenvalue weighted by Crippen LogP contribution is 2.05. The molecule has 4 nitrogen and oxygen atoms in total. The van der Waals surface area contributed by atoms with E-state index in [-0.39, 0.29) is 17.6 Å². The maximum Gasteiger partial charge on any atom is 0.237 e. The van der Waals surface area contributed by atoms with Gasteiger partial charge in [0.2, 0.25) is 5.91 Å². The van der Waals surface area contributed by atoms with Crippen LogP contribution in [0.3, 0.4) is 0 Å². The minimum absolute atomic E-state index is 0.0275. The van der Waals surface area contributed by atoms with Crippen LogP contribution < -0.4 is 11.1 Å². The van der Waals surface area contributed by atoms with Gasteiger partial charge in [-0.25, -0.2) is 0 Å². The van der Waals surface area contributed by atoms with Crippen molar-refractivity contribution in [3.63, 3.8) is 0 Å². The van der Waals surface area contributed by atoms with Gasteiger partial charge in [-0.15, -0.1) is 0 Å². The van der Waals surface area contributed by atoms with Gasteiger partial charge in [0, 0.05) is 6.42 Å². The van der Waals surface area contributed by atoms with Gasteiger partial charge in [0.1, 0.15) is 0 Å². The van der Waals surface area contributed by atoms with Crippen LogP contribution in [0.5, 0.6) is 0 Å². The van der Waals surface area contributed by atoms with Gasteiger partial charge in [0.15, 0.2) is 5.78 Å². The predicted octanol–water partition coefficient (Wildman–Crippen LogP) is 0.844. The standard InChI is InChI=1S/C11H22N2O2/c1-5-7(3)10(12)11(15)13-8(4)9(14)6-2/h7-8,10H,5-6,12H2,1-4H3,(H,13,15)/t7?,8-,10-/m0/s1. The van der Waals surface area contributed by atoms with E-state index in [1.54, 1.807) is 13.8 Å². The first-order valence-corrected chi connectivity index (χ1v) is 5.52. The predicted molar refractivity (Wildman–Crippen MR) is 60.3 cm³/mol. The van der Waals surface area contributed by atoms with E-state index in [1.165, 1.54) is 0 Å². The molecule has 0 aliphatic rings. The number of amides is 1. The van der Waals surface area contributed by atoms with Crippen molar-refractivity contribution in [3.05, 3.63) is 0 Å². The molecule has 0 saturated carbocycles. The zero-order chi connectivity index (χ0) is 12.0. The average Bonchev–Trinajstić information content (AvgIpc) is 2.25. The third-order valence-corrected chi connectivity index (χ3v) is 2.75. The van der Waals surface area contributed by atoms with Gasteiger partial charge in [-0.05, 0) is 12.8 Å². The molecule has 0 aromatic rings. The zero-order valence-corrected chi connectivity index (χ0v) is 10.0. The first-order valence-electron chi connectivity index (χ1n) is 5.52. The lowest BCUT2D eigenvalue weighted by molar-refractivity contribution is -0.128. The van der Waals surface area contributed by atoms with Crippen LogP contribution in [0.2, 0.25) is 0 Å². The second kappa shape index (κ2) is 6.56. The largest absolute Gasteiger partial charge is 0.345 e. The molecule has 88 valence electrons. The molecule has 0 rings (SSSR count). The van der Waals surface area contributed by atoms with Crippen LogP contribution in [-0.2, 0) is 9.59 Å². The molecule has 0 saturated heterocycles. The second-order valence-electron chi connectivity index (χ2n) is 3.96. The molecule has 4 heteroatoms. The maximum atomic E-state index is 11.6. The fourth-order valence-corrected chi connectivity index (χ4v) is 1.21. The van der Waals surface area contributed by atoms with Crippen LogP contribution in [0, 0.1) is 5.92 Å². The number of nitrogens with two attached hydrogens (primary N) is 1. The molecule has 0 aromatic heterocycles. The normalized spacial score (nSPS) is 16.6. The number of rotatable bonds is 6. The quantitative estimate of drug-likeness (QED) is 0.688. The molecular formula is C11H22N2O2. The van der Waals surface area contributed by atoms with Gasteiger partial charge in [-0.2, -0.15) is 0 Å². The van der Waals surface area contributed by atoms with E-state index in [0.29, 0.717) is 6.42 Å². The summed E-state index contributed by atoms with van der Waals surface area (Å²) in [6.45, 7) is 7.38. The lowest BCUT2D eigenvalue weighted by Gasteiger charge is -2.20. The molecule has 1 amide bonds. The van der Waals surface area contributed by atoms with E-state index < -0.39 is 12.1 Å². The second-order valence-corrected chi connectivity index (χ2v) is 3.96. The number of carbonyl (C=O) groups excluding carboxylic acids is 2. The number of hydrogen-bond donors (Lipinski definition) is 2. The van der Waals surface area contributed by atoms with Crippen molar-refractivity contribution in [1.82, 2.24) is 5.32 Å². The third kappa shape index (κ3) is 4.42. The number of carbonyl (C=O) groups is 2. The maximum absolute atomic E-state index is 11.6. The minimum atomic E-state index is -0.526. The summed E-state index contributed by atoms with van der Waals surface area (Å²) in [4.78, 5) is 22.8. The number of hydrogen-bond acceptors (Lipinski definition) is 3. The van der Waals surface area contributed by atoms with Gasteiger partial charge in [0.25, 0.3) is 0 Å². The van der Waals surface area contributed by atoms with Crippen LogP contribution >= 0.6 is 0 Å². The molecule has 0 spiro atoms. The number of Topliss-reactive ketones (excluding diaryl/α,β-unsaturated/α-hetero) is 1. The summed E-state index contributed by atoms with van der Waals surface area (Å²) in [5.41, 5.74) is 5.74. The van der Waals surface area contributed by atoms with Crippen LogP contribution in [0.25, 0.3) is 0 Å². The molecule has 0 aliphatic heterocycles. The highest BCUT2D eigenvalue weighted by Gasteiger charge is 2.22. The van der Waals surface area contributed by atoms with Crippen LogP contribution in [-0.4, -0.2) is 23.8 Å². The van der Waals surface area contributed by atoms with Gasteiger partial charge >= 0.3 is 0 Å². The molecule has 0 fully saturated rings. The Morgan fingerprint density at radius 3 is 2.20 bits per heavy atom. The Kier molecular flexibility index (Phi) is 6.17. The Morgan fingerprint density at radius 1 is 1.27 bits per heavy atom. The van der Waals surface area contributed by atoms with Crippen LogP contribution in [0.15, 0.2) is 0 Å². The number of ketones is 1. The summed E-state index contributed by atoms with van der Waals surface area (Å²) in [6, 6.07) is -0.959. The fraction of sp³-hybridized carbons (Fsp3) is 0.818. The van der Waals surface area contributed by atoms with Gasteiger partial charge in [-0.1, -0.05) is 27.2 Å². The molecular weight excluding hydrogens is 192 g/mol. The monoisotopic (exact) mass is 214 g/mol. The lowest BCUT2D eigenvalue weighted by Crippen LogP contribution is -2.49. The topological polar surface area (TPSA) is 72.2 Å². The van der Waals surface area contributed by atoms with Crippen molar-refractivity contribution >= 4 is 11.7 Å². The molecule has 0 aliphatic carbocycles. The van der Waals surface area contributed by atoms with Gasteiger partial charge in [-0.3, -0.25) is 9.59 Å². The SMILES string of the molecule is CCC(=O)[C@H](C)NC(=O)[C@@H](N)C(C)CC. The van der Waals surface area contributed by atoms with Crippen molar-refractivity contribution in [3.8, 4) is 0 Å². The van der Waals surface area contributed by atoms with Crippen molar-refractivity contribution < 1.29 is 9.59 Å². The van der Waals surface area contributed by atoms with E-state index >= 15 is 0 Å². The summed E-state index contributed by atoms with van der Waals surface area (Å²) >= 11 is 0. The Bertz CT molecular complexity index is 229. The lowest BCUT2D eigenvalue weighted by atomic mass is 9.99. The van der Waals surface area contributed by atoms with E-state index in [9.17, 15) is 9.59 Å². The molecule has 0 radical (unpaired) electrons. The van der Waals surface area contributed by atoms with Crippen molar-refractivity contribution in [2.45, 2.75) is 52.6 Å². The molecule has 0 heterocycles. The zero-order valence-electron chi connectivity index (χ0n) is 10.0. The Hall–Kier alpha value is -0.900. The summed E-state index contributed by atoms with van der Waals surface area (Å²) in [6.07, 6.45) is 1.28. The van der Waals surface area contributed by atoms with Crippen LogP contribution in [0.1, 0.15) is 40.5 Å². The molecule has 0 aromatic carbocycles. The summed E-state index contributed by atoms with van der Waals surface area (Å²) in [5.74, 6) is -0.0766. The summed E-state index contributed by atoms with van der Waals surface area (Å²) in [7, 11) is 0. The summed E-state index contributed by atoms with van der Waals surface area (Å²) in [5, 5.41) is 2.63. The molecule has 0 bridgehead atoms. The molecule has 15 heavy (non-hydrogen) atoms. The fourth-order valence-electron chi connectivity index (χ4n) is 1.21. The first-order chi connectivity index (χ1) is 6.93. The van der Waals surface area contributed by atoms with Crippen molar-refractivity contribution in [1.29, 1.82) is 0 Å². The van der Waals surface area contributed by atoms with Crippen molar-refractivity contribution in [2.75, 3.05) is 0 Å². The number of nitrogens with one attached hydrogen (secondary N) is 1. The van der Waals surface area contributed by atoms with Gasteiger partial charge < -0.3 is 11.1 Å². The molecule has 3 N–H and O–H groups in total. The van der Waals surface area contributed by atoms with Gasteiger partial charge in [0.05, 0.1) is 12.1 Å². The van der Waals surface area contributed by atoms with E-state index in [2.05, 4.69) is 5.32 Å². The smallest absolute Gasteiger partial charge is 0.237 e. The highest BCUT2D eigenvalue weighted by molar-refractivity contribution is 5.90. The Labute approximate surface area is 91.6 Å². The van der Waals surface area contributed by atoms with Crippen LogP contribution in [0.4, 0.5) is 0 Å². The summed E-state index contributed by atoms with van der Waals surface area (Å²) < 4.78 is 0. The minimum Gasteiger partial charge on any atom is -0.345 e. The highest BCUT2D eigenvalue weighted by atomic mass is 16.2. The van der Waals surface area contributed by atoms with E-state index in [0.717, 1.165) is 6.42 Å². The molecule has 1 unspecified atom stereocenters. The average molecular weight is 214 g/mol. The van der Waals surface area contributed by atoms with Crippen molar-refractivity contribution in [2.24, 2.45) is 11.7 Å². The van der Waals surface area contributed by atoms with E-state index in [4.69, 9.17) is 5.73 Å². The Balaban J connectivity index is 4.18. The first kappa shape index (κ1) is 14.1.